The van der Waals surface area contributed by atoms with Gasteiger partial charge in [-0.15, -0.1) is 0 Å². The van der Waals surface area contributed by atoms with Crippen LogP contribution in [-0.2, 0) is 12.5 Å². The zero-order chi connectivity index (χ0) is 29.6. The van der Waals surface area contributed by atoms with Crippen molar-refractivity contribution in [2.45, 2.75) is 18.6 Å². The Bertz CT molecular complexity index is 1940. The Hall–Kier alpha value is -5.20. The number of amides is 1. The van der Waals surface area contributed by atoms with E-state index in [-0.39, 0.29) is 21.6 Å². The van der Waals surface area contributed by atoms with Crippen molar-refractivity contribution in [2.75, 3.05) is 5.32 Å². The zero-order valence-corrected chi connectivity index (χ0v) is 21.3. The van der Waals surface area contributed by atoms with E-state index in [0.717, 1.165) is 34.5 Å². The molecular weight excluding hydrogens is 562 g/mol. The first-order chi connectivity index (χ1) is 20.0. The predicted molar refractivity (Wildman–Crippen MR) is 142 cm³/mol. The van der Waals surface area contributed by atoms with Gasteiger partial charge in [0.1, 0.15) is 11.5 Å². The molecule has 0 radical (unpaired) electrons. The van der Waals surface area contributed by atoms with Gasteiger partial charge in [0.25, 0.3) is 5.91 Å². The first-order valence-electron chi connectivity index (χ1n) is 12.4. The van der Waals surface area contributed by atoms with Crippen molar-refractivity contribution in [2.24, 2.45) is 0 Å². The summed E-state index contributed by atoms with van der Waals surface area (Å²) in [6, 6.07) is 21.0. The topological polar surface area (TPSA) is 77.1 Å². The molecule has 0 saturated carbocycles. The average molecular weight is 580 g/mol. The summed E-state index contributed by atoms with van der Waals surface area (Å²) >= 11 is 0. The highest BCUT2D eigenvalue weighted by atomic mass is 19.4. The van der Waals surface area contributed by atoms with Gasteiger partial charge in [0.05, 0.1) is 12.2 Å². The molecule has 0 aliphatic heterocycles. The van der Waals surface area contributed by atoms with E-state index in [9.17, 15) is 31.1 Å². The second kappa shape index (κ2) is 10.0. The van der Waals surface area contributed by atoms with Crippen LogP contribution in [0.5, 0.6) is 0 Å². The lowest BCUT2D eigenvalue weighted by Crippen LogP contribution is -2.36. The van der Waals surface area contributed by atoms with Gasteiger partial charge < -0.3 is 5.32 Å². The van der Waals surface area contributed by atoms with Gasteiger partial charge in [-0.3, -0.25) is 9.48 Å². The van der Waals surface area contributed by atoms with Crippen LogP contribution in [0.1, 0.15) is 21.7 Å². The van der Waals surface area contributed by atoms with E-state index in [1.807, 2.05) is 42.5 Å². The summed E-state index contributed by atoms with van der Waals surface area (Å²) in [6.07, 6.45) is -4.34. The number of carbonyl (C=O) groups excluding carboxylic acids is 1. The van der Waals surface area contributed by atoms with Crippen LogP contribution in [-0.4, -0.2) is 36.5 Å². The molecule has 0 atom stereocenters. The molecule has 3 heterocycles. The summed E-state index contributed by atoms with van der Waals surface area (Å²) in [6.45, 7) is 0.386. The number of hydrogen-bond donors (Lipinski definition) is 1. The third-order valence-corrected chi connectivity index (χ3v) is 6.57. The second-order valence-electron chi connectivity index (χ2n) is 9.40. The molecule has 3 aromatic carbocycles. The van der Waals surface area contributed by atoms with Crippen molar-refractivity contribution in [1.29, 1.82) is 0 Å². The van der Waals surface area contributed by atoms with E-state index < -0.39 is 40.9 Å². The van der Waals surface area contributed by atoms with Crippen molar-refractivity contribution in [3.63, 3.8) is 0 Å². The molecule has 3 aromatic heterocycles. The molecule has 1 amide bonds. The molecule has 0 spiro atoms. The molecule has 7 nitrogen and oxygen atoms in total. The number of rotatable bonds is 6. The van der Waals surface area contributed by atoms with Gasteiger partial charge >= 0.3 is 12.1 Å². The van der Waals surface area contributed by atoms with Gasteiger partial charge in [0, 0.05) is 23.9 Å². The highest BCUT2D eigenvalue weighted by molar-refractivity contribution is 6.03. The Balaban J connectivity index is 1.31. The fraction of sp³-hybridized carbons (Fsp3) is 0.103. The molecule has 0 unspecified atom stereocenters. The molecule has 0 bridgehead atoms. The van der Waals surface area contributed by atoms with Crippen LogP contribution in [0.25, 0.3) is 27.7 Å². The molecule has 0 aliphatic rings. The lowest BCUT2D eigenvalue weighted by Gasteiger charge is -2.21. The summed E-state index contributed by atoms with van der Waals surface area (Å²) in [5.74, 6) is -6.77. The maximum absolute atomic E-state index is 14.6. The number of nitrogens with one attached hydrogen (secondary N) is 1. The van der Waals surface area contributed by atoms with Crippen LogP contribution in [0.3, 0.4) is 0 Å². The highest BCUT2D eigenvalue weighted by Gasteiger charge is 2.60. The van der Waals surface area contributed by atoms with E-state index >= 15 is 0 Å². The molecule has 212 valence electrons. The van der Waals surface area contributed by atoms with Gasteiger partial charge in [0.15, 0.2) is 17.2 Å². The fourth-order valence-electron chi connectivity index (χ4n) is 4.52. The lowest BCUT2D eigenvalue weighted by molar-refractivity contribution is -0.291. The smallest absolute Gasteiger partial charge is 0.304 e. The van der Waals surface area contributed by atoms with Crippen molar-refractivity contribution >= 4 is 28.1 Å². The maximum atomic E-state index is 14.6. The number of aromatic nitrogens is 5. The normalized spacial score (nSPS) is 12.2. The number of alkyl halides is 5. The number of nitrogens with zero attached hydrogens (tertiary/aromatic N) is 5. The molecule has 0 fully saturated rings. The lowest BCUT2D eigenvalue weighted by atomic mass is 10.0. The maximum Gasteiger partial charge on any atom is 0.459 e. The van der Waals surface area contributed by atoms with E-state index in [2.05, 4.69) is 20.5 Å². The average Bonchev–Trinajstić information content (AvgIpc) is 3.59. The van der Waals surface area contributed by atoms with Crippen molar-refractivity contribution in [1.82, 2.24) is 24.4 Å². The Morgan fingerprint density at radius 3 is 2.36 bits per heavy atom. The van der Waals surface area contributed by atoms with E-state index in [1.165, 1.54) is 18.2 Å². The van der Waals surface area contributed by atoms with Gasteiger partial charge in [-0.25, -0.2) is 13.9 Å². The van der Waals surface area contributed by atoms with Crippen molar-refractivity contribution in [3.05, 3.63) is 114 Å². The molecular formula is C29H18F6N6O. The first kappa shape index (κ1) is 27.0. The Morgan fingerprint density at radius 1 is 0.857 bits per heavy atom. The van der Waals surface area contributed by atoms with Gasteiger partial charge in [-0.2, -0.15) is 32.1 Å². The van der Waals surface area contributed by atoms with Crippen molar-refractivity contribution < 1.29 is 31.1 Å². The summed E-state index contributed by atoms with van der Waals surface area (Å²) in [7, 11) is 0. The minimum absolute atomic E-state index is 0.0852. The molecule has 0 saturated heterocycles. The summed E-state index contributed by atoms with van der Waals surface area (Å²) in [4.78, 5) is 17.1. The monoisotopic (exact) mass is 580 g/mol. The van der Waals surface area contributed by atoms with Crippen LogP contribution in [0.2, 0.25) is 0 Å². The molecule has 6 aromatic rings. The SMILES string of the molecule is O=C(Nc1ccn(Cc2cccc3ccccc23)n1)c1cc2nc(-c3ccc(F)cc3)cc(C(F)(F)C(F)(F)F)n2n1. The number of benzene rings is 3. The van der Waals surface area contributed by atoms with Crippen LogP contribution < -0.4 is 5.32 Å². The van der Waals surface area contributed by atoms with E-state index in [4.69, 9.17) is 0 Å². The van der Waals surface area contributed by atoms with Crippen LogP contribution >= 0.6 is 0 Å². The molecule has 6 rings (SSSR count). The van der Waals surface area contributed by atoms with Gasteiger partial charge in [-0.1, -0.05) is 42.5 Å². The van der Waals surface area contributed by atoms with Crippen LogP contribution in [0.4, 0.5) is 32.2 Å². The van der Waals surface area contributed by atoms with Crippen LogP contribution in [0.15, 0.2) is 91.1 Å². The first-order valence-corrected chi connectivity index (χ1v) is 12.4. The number of carbonyl (C=O) groups is 1. The molecule has 42 heavy (non-hydrogen) atoms. The molecule has 13 heteroatoms. The highest BCUT2D eigenvalue weighted by Crippen LogP contribution is 2.44. The number of anilines is 1. The van der Waals surface area contributed by atoms with Gasteiger partial charge in [0.2, 0.25) is 0 Å². The molecule has 0 aliphatic carbocycles. The largest absolute Gasteiger partial charge is 0.459 e. The quantitative estimate of drug-likeness (QED) is 0.219. The number of fused-ring (bicyclic) bond motifs is 2. The molecule has 1 N–H and O–H groups in total. The summed E-state index contributed by atoms with van der Waals surface area (Å²) < 4.78 is 84.6. The minimum atomic E-state index is -5.97. The Morgan fingerprint density at radius 2 is 1.60 bits per heavy atom. The fourth-order valence-corrected chi connectivity index (χ4v) is 4.52. The zero-order valence-electron chi connectivity index (χ0n) is 21.3. The Labute approximate surface area is 233 Å². The van der Waals surface area contributed by atoms with E-state index in [0.29, 0.717) is 12.6 Å². The Kier molecular flexibility index (Phi) is 6.44. The third kappa shape index (κ3) is 4.93. The third-order valence-electron chi connectivity index (χ3n) is 6.57. The van der Waals surface area contributed by atoms with Crippen LogP contribution in [0, 0.1) is 5.82 Å². The minimum Gasteiger partial charge on any atom is -0.304 e. The number of hydrogen-bond acceptors (Lipinski definition) is 4. The summed E-state index contributed by atoms with van der Waals surface area (Å²) in [5.41, 5.74) is -1.69. The van der Waals surface area contributed by atoms with E-state index in [1.54, 1.807) is 10.9 Å². The van der Waals surface area contributed by atoms with Gasteiger partial charge in [-0.05, 0) is 46.7 Å². The number of halogens is 6. The standard InChI is InChI=1S/C29H18F6N6O/c30-20-10-8-18(9-11-20)22-14-24(28(31,32)29(33,34)35)41-26(36-22)15-23(38-41)27(42)37-25-12-13-40(39-25)16-19-6-3-5-17-4-1-2-7-21(17)19/h1-15H,16H2,(H,37,39,42). The van der Waals surface area contributed by atoms with Crippen molar-refractivity contribution in [3.8, 4) is 11.3 Å². The second-order valence-corrected chi connectivity index (χ2v) is 9.40. The summed E-state index contributed by atoms with van der Waals surface area (Å²) in [5, 5.41) is 12.6. The predicted octanol–water partition coefficient (Wildman–Crippen LogP) is 6.84.